The molecular formula is C12H24N2O3. The van der Waals surface area contributed by atoms with Gasteiger partial charge in [0, 0.05) is 26.7 Å². The Morgan fingerprint density at radius 3 is 2.88 bits per heavy atom. The van der Waals surface area contributed by atoms with Gasteiger partial charge < -0.3 is 19.6 Å². The fourth-order valence-electron chi connectivity index (χ4n) is 2.19. The van der Waals surface area contributed by atoms with E-state index in [1.165, 1.54) is 0 Å². The first-order valence-electron chi connectivity index (χ1n) is 6.22. The Balaban J connectivity index is 2.62. The maximum Gasteiger partial charge on any atom is 0.255 e. The van der Waals surface area contributed by atoms with E-state index in [0.717, 1.165) is 19.5 Å². The fraction of sp³-hybridized carbons (Fsp3) is 0.917. The van der Waals surface area contributed by atoms with Gasteiger partial charge in [-0.05, 0) is 26.4 Å². The van der Waals surface area contributed by atoms with Crippen molar-refractivity contribution in [1.82, 2.24) is 9.80 Å². The van der Waals surface area contributed by atoms with E-state index >= 15 is 0 Å². The molecular weight excluding hydrogens is 220 g/mol. The van der Waals surface area contributed by atoms with E-state index in [-0.39, 0.29) is 5.91 Å². The molecule has 0 aromatic carbocycles. The highest BCUT2D eigenvalue weighted by atomic mass is 16.5. The van der Waals surface area contributed by atoms with Crippen molar-refractivity contribution in [2.45, 2.75) is 25.4 Å². The van der Waals surface area contributed by atoms with Crippen LogP contribution in [0.4, 0.5) is 0 Å². The summed E-state index contributed by atoms with van der Waals surface area (Å²) in [5.74, 6) is -0.152. The number of hydrogen-bond acceptors (Lipinski definition) is 4. The van der Waals surface area contributed by atoms with Crippen molar-refractivity contribution in [2.75, 3.05) is 46.9 Å². The van der Waals surface area contributed by atoms with Crippen LogP contribution in [0.2, 0.25) is 0 Å². The van der Waals surface area contributed by atoms with E-state index < -0.39 is 5.60 Å². The normalized spacial score (nSPS) is 25.7. The van der Waals surface area contributed by atoms with Crippen molar-refractivity contribution >= 4 is 5.91 Å². The van der Waals surface area contributed by atoms with Crippen LogP contribution in [-0.4, -0.2) is 73.4 Å². The monoisotopic (exact) mass is 244 g/mol. The number of methoxy groups -OCH3 is 1. The molecule has 0 aliphatic carbocycles. The maximum absolute atomic E-state index is 12.2. The minimum atomic E-state index is -1.21. The zero-order valence-electron chi connectivity index (χ0n) is 11.1. The summed E-state index contributed by atoms with van der Waals surface area (Å²) in [6.45, 7) is 5.05. The first kappa shape index (κ1) is 14.4. The number of amides is 1. The molecule has 0 aromatic rings. The lowest BCUT2D eigenvalue weighted by Gasteiger charge is -2.39. The second-order valence-electron chi connectivity index (χ2n) is 4.75. The lowest BCUT2D eigenvalue weighted by Crippen LogP contribution is -2.58. The van der Waals surface area contributed by atoms with Gasteiger partial charge in [-0.1, -0.05) is 6.92 Å². The Morgan fingerprint density at radius 2 is 2.29 bits per heavy atom. The number of nitrogens with zero attached hydrogens (tertiary/aromatic N) is 2. The van der Waals surface area contributed by atoms with E-state index in [4.69, 9.17) is 4.74 Å². The summed E-state index contributed by atoms with van der Waals surface area (Å²) >= 11 is 0. The third-order valence-electron chi connectivity index (χ3n) is 3.34. The molecule has 1 rings (SSSR count). The average molecular weight is 244 g/mol. The molecule has 1 N–H and O–H groups in total. The first-order valence-corrected chi connectivity index (χ1v) is 6.22. The van der Waals surface area contributed by atoms with Crippen LogP contribution in [0.25, 0.3) is 0 Å². The van der Waals surface area contributed by atoms with E-state index in [0.29, 0.717) is 26.1 Å². The Bertz CT molecular complexity index is 260. The number of piperidine rings is 1. The van der Waals surface area contributed by atoms with Gasteiger partial charge in [0.05, 0.1) is 6.61 Å². The zero-order valence-corrected chi connectivity index (χ0v) is 11.1. The quantitative estimate of drug-likeness (QED) is 0.711. The molecule has 100 valence electrons. The molecule has 1 saturated heterocycles. The molecule has 0 aromatic heterocycles. The van der Waals surface area contributed by atoms with Gasteiger partial charge in [0.1, 0.15) is 0 Å². The van der Waals surface area contributed by atoms with Crippen LogP contribution in [0.15, 0.2) is 0 Å². The van der Waals surface area contributed by atoms with Gasteiger partial charge in [0.2, 0.25) is 0 Å². The van der Waals surface area contributed by atoms with Crippen molar-refractivity contribution in [3.8, 4) is 0 Å². The number of likely N-dealkylation sites (N-methyl/N-ethyl adjacent to an activating group) is 1. The molecule has 17 heavy (non-hydrogen) atoms. The highest BCUT2D eigenvalue weighted by molar-refractivity contribution is 5.86. The number of carbonyl (C=O) groups excluding carboxylic acids is 1. The second kappa shape index (κ2) is 6.33. The number of hydrogen-bond donors (Lipinski definition) is 1. The average Bonchev–Trinajstić information content (AvgIpc) is 2.31. The summed E-state index contributed by atoms with van der Waals surface area (Å²) in [6, 6.07) is 0. The van der Waals surface area contributed by atoms with Crippen LogP contribution in [0.3, 0.4) is 0 Å². The lowest BCUT2D eigenvalue weighted by molar-refractivity contribution is -0.159. The molecule has 1 fully saturated rings. The number of carbonyl (C=O) groups is 1. The van der Waals surface area contributed by atoms with Crippen molar-refractivity contribution in [1.29, 1.82) is 0 Å². The minimum Gasteiger partial charge on any atom is -0.383 e. The van der Waals surface area contributed by atoms with Crippen molar-refractivity contribution in [3.05, 3.63) is 0 Å². The smallest absolute Gasteiger partial charge is 0.255 e. The summed E-state index contributed by atoms with van der Waals surface area (Å²) < 4.78 is 4.98. The van der Waals surface area contributed by atoms with Crippen LogP contribution < -0.4 is 0 Å². The van der Waals surface area contributed by atoms with E-state index in [1.807, 2.05) is 18.9 Å². The van der Waals surface area contributed by atoms with Crippen molar-refractivity contribution in [3.63, 3.8) is 0 Å². The van der Waals surface area contributed by atoms with Gasteiger partial charge in [-0.25, -0.2) is 0 Å². The zero-order chi connectivity index (χ0) is 12.9. The predicted octanol–water partition coefficient (Wildman–Crippen LogP) is -0.0620. The van der Waals surface area contributed by atoms with Crippen LogP contribution in [0.1, 0.15) is 19.8 Å². The first-order chi connectivity index (χ1) is 8.03. The third kappa shape index (κ3) is 3.66. The van der Waals surface area contributed by atoms with Gasteiger partial charge >= 0.3 is 0 Å². The molecule has 1 atom stereocenters. The molecule has 0 bridgehead atoms. The summed E-state index contributed by atoms with van der Waals surface area (Å²) in [5.41, 5.74) is -1.21. The number of ether oxygens (including phenoxy) is 1. The lowest BCUT2D eigenvalue weighted by atomic mass is 9.91. The van der Waals surface area contributed by atoms with Gasteiger partial charge in [0.15, 0.2) is 5.60 Å². The molecule has 5 heteroatoms. The number of aliphatic hydroxyl groups is 1. The Morgan fingerprint density at radius 1 is 1.59 bits per heavy atom. The Kier molecular flexibility index (Phi) is 5.36. The predicted molar refractivity (Wildman–Crippen MR) is 65.8 cm³/mol. The van der Waals surface area contributed by atoms with Crippen molar-refractivity contribution < 1.29 is 14.6 Å². The molecule has 0 saturated carbocycles. The SMILES string of the molecule is CCN(C)C[C@@]1(O)CCCN(CCOC)C1=O. The minimum absolute atomic E-state index is 0.152. The summed E-state index contributed by atoms with van der Waals surface area (Å²) in [4.78, 5) is 15.9. The highest BCUT2D eigenvalue weighted by Crippen LogP contribution is 2.23. The van der Waals surface area contributed by atoms with E-state index in [9.17, 15) is 9.90 Å². The van der Waals surface area contributed by atoms with Gasteiger partial charge in [-0.3, -0.25) is 4.79 Å². The number of rotatable bonds is 6. The molecule has 5 nitrogen and oxygen atoms in total. The summed E-state index contributed by atoms with van der Waals surface area (Å²) in [6.07, 6.45) is 1.41. The second-order valence-corrected chi connectivity index (χ2v) is 4.75. The van der Waals surface area contributed by atoms with Crippen molar-refractivity contribution in [2.24, 2.45) is 0 Å². The van der Waals surface area contributed by atoms with Crippen LogP contribution in [-0.2, 0) is 9.53 Å². The molecule has 1 amide bonds. The molecule has 1 aliphatic rings. The Labute approximate surface area is 103 Å². The Hall–Kier alpha value is -0.650. The summed E-state index contributed by atoms with van der Waals surface area (Å²) in [5, 5.41) is 10.4. The number of likely N-dealkylation sites (tertiary alicyclic amines) is 1. The standard InChI is InChI=1S/C12H24N2O3/c1-4-13(2)10-12(16)6-5-7-14(11(12)15)8-9-17-3/h16H,4-10H2,1-3H3/t12-/m0/s1. The van der Waals surface area contributed by atoms with Crippen LogP contribution in [0, 0.1) is 0 Å². The molecule has 0 spiro atoms. The molecule has 1 aliphatic heterocycles. The maximum atomic E-state index is 12.2. The van der Waals surface area contributed by atoms with Crippen LogP contribution in [0.5, 0.6) is 0 Å². The molecule has 0 unspecified atom stereocenters. The van der Waals surface area contributed by atoms with E-state index in [1.54, 1.807) is 12.0 Å². The molecule has 0 radical (unpaired) electrons. The topological polar surface area (TPSA) is 53.0 Å². The fourth-order valence-corrected chi connectivity index (χ4v) is 2.19. The van der Waals surface area contributed by atoms with Gasteiger partial charge in [-0.2, -0.15) is 0 Å². The van der Waals surface area contributed by atoms with Crippen LogP contribution >= 0.6 is 0 Å². The highest BCUT2D eigenvalue weighted by Gasteiger charge is 2.42. The molecule has 1 heterocycles. The van der Waals surface area contributed by atoms with E-state index in [2.05, 4.69) is 0 Å². The van der Waals surface area contributed by atoms with Gasteiger partial charge in [0.25, 0.3) is 5.91 Å². The summed E-state index contributed by atoms with van der Waals surface area (Å²) in [7, 11) is 3.53. The largest absolute Gasteiger partial charge is 0.383 e. The third-order valence-corrected chi connectivity index (χ3v) is 3.34. The van der Waals surface area contributed by atoms with Gasteiger partial charge in [-0.15, -0.1) is 0 Å².